The number of hydrogen-bond acceptors (Lipinski definition) is 3. The van der Waals surface area contributed by atoms with Crippen LogP contribution < -0.4 is 5.32 Å². The van der Waals surface area contributed by atoms with Gasteiger partial charge in [-0.25, -0.2) is 4.98 Å². The Hall–Kier alpha value is -1.58. The zero-order valence-electron chi connectivity index (χ0n) is 11.9. The fourth-order valence-electron chi connectivity index (χ4n) is 2.57. The lowest BCUT2D eigenvalue weighted by Gasteiger charge is -2.23. The first-order valence-corrected chi connectivity index (χ1v) is 7.27. The van der Waals surface area contributed by atoms with Gasteiger partial charge in [-0.05, 0) is 37.8 Å². The van der Waals surface area contributed by atoms with Crippen molar-refractivity contribution in [1.82, 2.24) is 9.88 Å². The number of hydrogen-bond donors (Lipinski definition) is 1. The van der Waals surface area contributed by atoms with Crippen molar-refractivity contribution in [3.63, 3.8) is 0 Å². The summed E-state index contributed by atoms with van der Waals surface area (Å²) >= 11 is 0. The third-order valence-corrected chi connectivity index (χ3v) is 3.68. The van der Waals surface area contributed by atoms with Crippen LogP contribution in [0.4, 0.5) is 5.82 Å². The number of aromatic nitrogens is 1. The van der Waals surface area contributed by atoms with Gasteiger partial charge < -0.3 is 10.2 Å². The number of carbonyl (C=O) groups excluding carboxylic acids is 1. The molecular formula is C15H23N3O. The second-order valence-corrected chi connectivity index (χ2v) is 5.06. The molecule has 1 aliphatic rings. The normalized spacial score (nSPS) is 18.6. The van der Waals surface area contributed by atoms with E-state index in [2.05, 4.69) is 24.1 Å². The number of pyridine rings is 1. The maximum atomic E-state index is 12.4. The van der Waals surface area contributed by atoms with E-state index in [-0.39, 0.29) is 5.91 Å². The fraction of sp³-hybridized carbons (Fsp3) is 0.600. The maximum absolute atomic E-state index is 12.4. The summed E-state index contributed by atoms with van der Waals surface area (Å²) in [7, 11) is 0. The van der Waals surface area contributed by atoms with Crippen molar-refractivity contribution in [2.45, 2.75) is 45.6 Å². The first-order chi connectivity index (χ1) is 9.26. The molecule has 4 nitrogen and oxygen atoms in total. The summed E-state index contributed by atoms with van der Waals surface area (Å²) in [4.78, 5) is 18.7. The quantitative estimate of drug-likeness (QED) is 0.886. The minimum atomic E-state index is 0.124. The van der Waals surface area contributed by atoms with Crippen molar-refractivity contribution in [1.29, 1.82) is 0 Å². The highest BCUT2D eigenvalue weighted by molar-refractivity contribution is 5.94. The summed E-state index contributed by atoms with van der Waals surface area (Å²) in [5.41, 5.74) is 0.697. The first kappa shape index (κ1) is 13.8. The second kappa shape index (κ2) is 6.55. The van der Waals surface area contributed by atoms with Gasteiger partial charge in [0.2, 0.25) is 0 Å². The average molecular weight is 261 g/mol. The van der Waals surface area contributed by atoms with Gasteiger partial charge in [-0.3, -0.25) is 4.79 Å². The van der Waals surface area contributed by atoms with E-state index in [4.69, 9.17) is 0 Å². The number of rotatable bonds is 5. The molecule has 0 aromatic carbocycles. The lowest BCUT2D eigenvalue weighted by Crippen LogP contribution is -2.35. The van der Waals surface area contributed by atoms with Gasteiger partial charge in [0.15, 0.2) is 0 Å². The summed E-state index contributed by atoms with van der Waals surface area (Å²) < 4.78 is 0. The molecule has 1 aromatic heterocycles. The van der Waals surface area contributed by atoms with Crippen LogP contribution in [0.3, 0.4) is 0 Å². The minimum Gasteiger partial charge on any atom is -0.370 e. The molecule has 104 valence electrons. The molecule has 1 N–H and O–H groups in total. The van der Waals surface area contributed by atoms with Gasteiger partial charge in [-0.15, -0.1) is 0 Å². The summed E-state index contributed by atoms with van der Waals surface area (Å²) in [6.07, 6.45) is 6.04. The molecule has 0 radical (unpaired) electrons. The Kier molecular flexibility index (Phi) is 4.77. The molecule has 4 heteroatoms. The Labute approximate surface area is 115 Å². The van der Waals surface area contributed by atoms with Crippen LogP contribution in [0.5, 0.6) is 0 Å². The van der Waals surface area contributed by atoms with Crippen molar-refractivity contribution in [2.24, 2.45) is 0 Å². The monoisotopic (exact) mass is 261 g/mol. The van der Waals surface area contributed by atoms with E-state index in [1.54, 1.807) is 6.20 Å². The molecule has 1 saturated heterocycles. The van der Waals surface area contributed by atoms with Gasteiger partial charge in [0.25, 0.3) is 5.91 Å². The SMILES string of the molecule is CCCNc1ccc(C(=O)N2CCCC2CC)cn1. The number of amides is 1. The summed E-state index contributed by atoms with van der Waals surface area (Å²) in [6, 6.07) is 4.17. The Morgan fingerprint density at radius 2 is 2.32 bits per heavy atom. The summed E-state index contributed by atoms with van der Waals surface area (Å²) in [5, 5.41) is 3.21. The van der Waals surface area contributed by atoms with E-state index < -0.39 is 0 Å². The van der Waals surface area contributed by atoms with Crippen molar-refractivity contribution in [3.8, 4) is 0 Å². The fourth-order valence-corrected chi connectivity index (χ4v) is 2.57. The smallest absolute Gasteiger partial charge is 0.255 e. The number of nitrogens with one attached hydrogen (secondary N) is 1. The van der Waals surface area contributed by atoms with E-state index in [1.165, 1.54) is 0 Å². The minimum absolute atomic E-state index is 0.124. The standard InChI is InChI=1S/C15H23N3O/c1-3-9-16-14-8-7-12(11-17-14)15(19)18-10-5-6-13(18)4-2/h7-8,11,13H,3-6,9-10H2,1-2H3,(H,16,17). The zero-order chi connectivity index (χ0) is 13.7. The van der Waals surface area contributed by atoms with Gasteiger partial charge in [0.1, 0.15) is 5.82 Å². The molecule has 2 heterocycles. The van der Waals surface area contributed by atoms with Crippen molar-refractivity contribution in [2.75, 3.05) is 18.4 Å². The number of anilines is 1. The lowest BCUT2D eigenvalue weighted by molar-refractivity contribution is 0.0733. The molecule has 1 aliphatic heterocycles. The van der Waals surface area contributed by atoms with Crippen LogP contribution in [0.2, 0.25) is 0 Å². The first-order valence-electron chi connectivity index (χ1n) is 7.27. The Bertz CT molecular complexity index is 416. The molecule has 0 spiro atoms. The van der Waals surface area contributed by atoms with E-state index in [0.29, 0.717) is 11.6 Å². The highest BCUT2D eigenvalue weighted by Gasteiger charge is 2.27. The third kappa shape index (κ3) is 3.25. The number of carbonyl (C=O) groups is 1. The lowest BCUT2D eigenvalue weighted by atomic mass is 10.1. The van der Waals surface area contributed by atoms with Crippen molar-refractivity contribution >= 4 is 11.7 Å². The van der Waals surface area contributed by atoms with E-state index >= 15 is 0 Å². The van der Waals surface area contributed by atoms with Crippen LogP contribution in [-0.2, 0) is 0 Å². The second-order valence-electron chi connectivity index (χ2n) is 5.06. The van der Waals surface area contributed by atoms with Gasteiger partial charge in [0, 0.05) is 25.3 Å². The Balaban J connectivity index is 2.03. The molecule has 1 atom stereocenters. The van der Waals surface area contributed by atoms with Gasteiger partial charge in [-0.1, -0.05) is 13.8 Å². The topological polar surface area (TPSA) is 45.2 Å². The number of likely N-dealkylation sites (tertiary alicyclic amines) is 1. The maximum Gasteiger partial charge on any atom is 0.255 e. The zero-order valence-corrected chi connectivity index (χ0v) is 11.9. The van der Waals surface area contributed by atoms with E-state index in [0.717, 1.165) is 44.6 Å². The highest BCUT2D eigenvalue weighted by atomic mass is 16.2. The molecule has 1 unspecified atom stereocenters. The predicted molar refractivity (Wildman–Crippen MR) is 77.4 cm³/mol. The van der Waals surface area contributed by atoms with Crippen LogP contribution in [0.1, 0.15) is 49.9 Å². The van der Waals surface area contributed by atoms with Crippen LogP contribution in [-0.4, -0.2) is 34.9 Å². The highest BCUT2D eigenvalue weighted by Crippen LogP contribution is 2.22. The van der Waals surface area contributed by atoms with Gasteiger partial charge in [0.05, 0.1) is 5.56 Å². The van der Waals surface area contributed by atoms with Crippen LogP contribution in [0.25, 0.3) is 0 Å². The van der Waals surface area contributed by atoms with Crippen LogP contribution in [0, 0.1) is 0 Å². The van der Waals surface area contributed by atoms with E-state index in [1.807, 2.05) is 17.0 Å². The summed E-state index contributed by atoms with van der Waals surface area (Å²) in [6.45, 7) is 6.05. The predicted octanol–water partition coefficient (Wildman–Crippen LogP) is 2.92. The Morgan fingerprint density at radius 1 is 1.47 bits per heavy atom. The molecule has 19 heavy (non-hydrogen) atoms. The Morgan fingerprint density at radius 3 is 2.95 bits per heavy atom. The molecular weight excluding hydrogens is 238 g/mol. The van der Waals surface area contributed by atoms with E-state index in [9.17, 15) is 4.79 Å². The molecule has 1 aromatic rings. The van der Waals surface area contributed by atoms with Crippen molar-refractivity contribution < 1.29 is 4.79 Å². The largest absolute Gasteiger partial charge is 0.370 e. The third-order valence-electron chi connectivity index (χ3n) is 3.68. The molecule has 2 rings (SSSR count). The molecule has 1 amide bonds. The van der Waals surface area contributed by atoms with Crippen molar-refractivity contribution in [3.05, 3.63) is 23.9 Å². The average Bonchev–Trinajstić information content (AvgIpc) is 2.93. The molecule has 1 fully saturated rings. The van der Waals surface area contributed by atoms with Gasteiger partial charge >= 0.3 is 0 Å². The summed E-state index contributed by atoms with van der Waals surface area (Å²) in [5.74, 6) is 0.964. The number of nitrogens with zero attached hydrogens (tertiary/aromatic N) is 2. The molecule has 0 bridgehead atoms. The molecule has 0 aliphatic carbocycles. The van der Waals surface area contributed by atoms with Gasteiger partial charge in [-0.2, -0.15) is 0 Å². The molecule has 0 saturated carbocycles. The van der Waals surface area contributed by atoms with Crippen LogP contribution in [0.15, 0.2) is 18.3 Å². The van der Waals surface area contributed by atoms with Crippen LogP contribution >= 0.6 is 0 Å².